The molecule has 0 aliphatic carbocycles. The Morgan fingerprint density at radius 3 is 2.60 bits per heavy atom. The minimum absolute atomic E-state index is 0.0336. The summed E-state index contributed by atoms with van der Waals surface area (Å²) >= 11 is 0. The molecule has 2 aromatic heterocycles. The van der Waals surface area contributed by atoms with Crippen LogP contribution >= 0.6 is 0 Å². The van der Waals surface area contributed by atoms with Gasteiger partial charge in [0.2, 0.25) is 11.8 Å². The maximum Gasteiger partial charge on any atom is 0.239 e. The third-order valence-corrected chi connectivity index (χ3v) is 4.69. The van der Waals surface area contributed by atoms with E-state index < -0.39 is 0 Å². The topological polar surface area (TPSA) is 88.2 Å². The molecule has 4 aromatic rings. The molecule has 0 aliphatic heterocycles. The molecule has 150 valence electrons. The summed E-state index contributed by atoms with van der Waals surface area (Å²) in [5.74, 6) is -0.477. The lowest BCUT2D eigenvalue weighted by atomic mass is 10.0. The number of aromatic hydroxyl groups is 1. The van der Waals surface area contributed by atoms with Gasteiger partial charge in [-0.1, -0.05) is 23.4 Å². The van der Waals surface area contributed by atoms with Crippen molar-refractivity contribution in [1.82, 2.24) is 10.1 Å². The van der Waals surface area contributed by atoms with E-state index >= 15 is 0 Å². The molecular weight excluding hydrogens is 385 g/mol. The summed E-state index contributed by atoms with van der Waals surface area (Å²) in [6.07, 6.45) is 3.21. The van der Waals surface area contributed by atoms with E-state index in [-0.39, 0.29) is 29.8 Å². The molecule has 0 saturated carbocycles. The molecule has 7 heteroatoms. The van der Waals surface area contributed by atoms with Gasteiger partial charge < -0.3 is 9.63 Å². The summed E-state index contributed by atoms with van der Waals surface area (Å²) in [4.78, 5) is 16.6. The predicted molar refractivity (Wildman–Crippen MR) is 110 cm³/mol. The van der Waals surface area contributed by atoms with Crippen LogP contribution in [-0.2, 0) is 11.2 Å². The molecule has 0 saturated heterocycles. The van der Waals surface area contributed by atoms with Crippen LogP contribution in [0.4, 0.5) is 10.3 Å². The molecule has 6 nitrogen and oxygen atoms in total. The van der Waals surface area contributed by atoms with Gasteiger partial charge in [-0.2, -0.15) is 0 Å². The molecule has 30 heavy (non-hydrogen) atoms. The molecule has 2 N–H and O–H groups in total. The maximum atomic E-state index is 13.7. The van der Waals surface area contributed by atoms with Gasteiger partial charge in [0.1, 0.15) is 17.3 Å². The van der Waals surface area contributed by atoms with E-state index in [0.29, 0.717) is 27.9 Å². The number of anilines is 1. The van der Waals surface area contributed by atoms with Gasteiger partial charge >= 0.3 is 0 Å². The van der Waals surface area contributed by atoms with Crippen LogP contribution in [0, 0.1) is 12.7 Å². The summed E-state index contributed by atoms with van der Waals surface area (Å²) < 4.78 is 19.2. The average molecular weight is 403 g/mol. The lowest BCUT2D eigenvalue weighted by Gasteiger charge is -2.08. The van der Waals surface area contributed by atoms with Crippen molar-refractivity contribution in [3.63, 3.8) is 0 Å². The Kier molecular flexibility index (Phi) is 5.26. The van der Waals surface area contributed by atoms with Crippen LogP contribution < -0.4 is 5.32 Å². The molecule has 0 unspecified atom stereocenters. The Morgan fingerprint density at radius 2 is 1.87 bits per heavy atom. The highest BCUT2D eigenvalue weighted by Gasteiger charge is 2.22. The first kappa shape index (κ1) is 19.3. The summed E-state index contributed by atoms with van der Waals surface area (Å²) in [6.45, 7) is 1.67. The van der Waals surface area contributed by atoms with E-state index in [2.05, 4.69) is 15.5 Å². The molecule has 0 bridgehead atoms. The highest BCUT2D eigenvalue weighted by atomic mass is 19.1. The molecule has 1 amide bonds. The van der Waals surface area contributed by atoms with Gasteiger partial charge in [0.05, 0.1) is 12.0 Å². The second-order valence-corrected chi connectivity index (χ2v) is 6.79. The molecule has 2 heterocycles. The Morgan fingerprint density at radius 1 is 1.10 bits per heavy atom. The zero-order valence-corrected chi connectivity index (χ0v) is 16.1. The number of phenols is 1. The van der Waals surface area contributed by atoms with Crippen molar-refractivity contribution >= 4 is 11.8 Å². The number of hydrogen-bond acceptors (Lipinski definition) is 5. The van der Waals surface area contributed by atoms with E-state index in [1.54, 1.807) is 61.8 Å². The van der Waals surface area contributed by atoms with Crippen LogP contribution in [0.3, 0.4) is 0 Å². The van der Waals surface area contributed by atoms with Crippen LogP contribution in [0.25, 0.3) is 22.4 Å². The smallest absolute Gasteiger partial charge is 0.239 e. The van der Waals surface area contributed by atoms with Gasteiger partial charge in [0, 0.05) is 23.5 Å². The van der Waals surface area contributed by atoms with Gasteiger partial charge in [0.15, 0.2) is 0 Å². The SMILES string of the molecule is Cc1cc(-c2noc(NC(=O)Cc3ccccc3O)c2-c2ccncc2)ccc1F. The van der Waals surface area contributed by atoms with Crippen LogP contribution in [-0.4, -0.2) is 21.2 Å². The normalized spacial score (nSPS) is 10.7. The molecule has 0 aliphatic rings. The van der Waals surface area contributed by atoms with Gasteiger partial charge in [-0.05, 0) is 54.4 Å². The van der Waals surface area contributed by atoms with E-state index in [1.807, 2.05) is 0 Å². The number of amides is 1. The molecule has 4 rings (SSSR count). The number of nitrogens with zero attached hydrogens (tertiary/aromatic N) is 2. The largest absolute Gasteiger partial charge is 0.508 e. The van der Waals surface area contributed by atoms with Crippen molar-refractivity contribution in [2.45, 2.75) is 13.3 Å². The minimum atomic E-state index is -0.371. The fourth-order valence-electron chi connectivity index (χ4n) is 3.15. The van der Waals surface area contributed by atoms with Crippen molar-refractivity contribution in [2.24, 2.45) is 0 Å². The number of pyridine rings is 1. The number of nitrogens with one attached hydrogen (secondary N) is 1. The van der Waals surface area contributed by atoms with Crippen LogP contribution in [0.1, 0.15) is 11.1 Å². The summed E-state index contributed by atoms with van der Waals surface area (Å²) in [5.41, 5.74) is 3.40. The lowest BCUT2D eigenvalue weighted by Crippen LogP contribution is -2.14. The Labute approximate surface area is 172 Å². The molecule has 0 spiro atoms. The monoisotopic (exact) mass is 403 g/mol. The van der Waals surface area contributed by atoms with Gasteiger partial charge in [-0.15, -0.1) is 0 Å². The molecule has 0 radical (unpaired) electrons. The van der Waals surface area contributed by atoms with Crippen molar-refractivity contribution in [2.75, 3.05) is 5.32 Å². The first-order chi connectivity index (χ1) is 14.5. The summed E-state index contributed by atoms with van der Waals surface area (Å²) in [6, 6.07) is 14.8. The number of carbonyl (C=O) groups is 1. The van der Waals surface area contributed by atoms with E-state index in [9.17, 15) is 14.3 Å². The van der Waals surface area contributed by atoms with E-state index in [0.717, 1.165) is 5.56 Å². The summed E-state index contributed by atoms with van der Waals surface area (Å²) in [7, 11) is 0. The van der Waals surface area contributed by atoms with Gasteiger partial charge in [0.25, 0.3) is 0 Å². The number of para-hydroxylation sites is 1. The first-order valence-electron chi connectivity index (χ1n) is 9.26. The molecule has 0 atom stereocenters. The minimum Gasteiger partial charge on any atom is -0.508 e. The van der Waals surface area contributed by atoms with Gasteiger partial charge in [-0.3, -0.25) is 15.1 Å². The standard InChI is InChI=1S/C23H18FN3O3/c1-14-12-17(6-7-18(14)24)22-21(15-8-10-25-11-9-15)23(30-27-22)26-20(29)13-16-4-2-3-5-19(16)28/h2-12,28H,13H2,1H3,(H,26,29). The number of aryl methyl sites for hydroxylation is 1. The fraction of sp³-hybridized carbons (Fsp3) is 0.0870. The lowest BCUT2D eigenvalue weighted by molar-refractivity contribution is -0.115. The highest BCUT2D eigenvalue weighted by Crippen LogP contribution is 2.38. The number of halogens is 1. The first-order valence-corrected chi connectivity index (χ1v) is 9.26. The summed E-state index contributed by atoms with van der Waals surface area (Å²) in [5, 5.41) is 16.8. The van der Waals surface area contributed by atoms with Crippen molar-refractivity contribution in [3.05, 3.63) is 83.9 Å². The Balaban J connectivity index is 1.71. The maximum absolute atomic E-state index is 13.7. The number of benzene rings is 2. The fourth-order valence-corrected chi connectivity index (χ4v) is 3.15. The molecule has 2 aromatic carbocycles. The Bertz CT molecular complexity index is 1210. The number of phenolic OH excluding ortho intramolecular Hbond substituents is 1. The second kappa shape index (κ2) is 8.16. The van der Waals surface area contributed by atoms with Crippen molar-refractivity contribution < 1.29 is 18.8 Å². The third kappa shape index (κ3) is 3.91. The average Bonchev–Trinajstić information content (AvgIpc) is 3.15. The zero-order chi connectivity index (χ0) is 21.1. The predicted octanol–water partition coefficient (Wildman–Crippen LogP) is 4.74. The quantitative estimate of drug-likeness (QED) is 0.503. The Hall–Kier alpha value is -4.00. The number of aromatic nitrogens is 2. The number of hydrogen-bond donors (Lipinski definition) is 2. The van der Waals surface area contributed by atoms with Crippen LogP contribution in [0.2, 0.25) is 0 Å². The molecule has 0 fully saturated rings. The number of carbonyl (C=O) groups excluding carboxylic acids is 1. The van der Waals surface area contributed by atoms with E-state index in [1.165, 1.54) is 12.1 Å². The van der Waals surface area contributed by atoms with Crippen LogP contribution in [0.5, 0.6) is 5.75 Å². The molecular formula is C23H18FN3O3. The van der Waals surface area contributed by atoms with Crippen molar-refractivity contribution in [3.8, 4) is 28.1 Å². The number of rotatable bonds is 5. The third-order valence-electron chi connectivity index (χ3n) is 4.69. The van der Waals surface area contributed by atoms with Gasteiger partial charge in [-0.25, -0.2) is 4.39 Å². The zero-order valence-electron chi connectivity index (χ0n) is 16.1. The highest BCUT2D eigenvalue weighted by molar-refractivity contribution is 5.98. The van der Waals surface area contributed by atoms with E-state index in [4.69, 9.17) is 4.52 Å². The van der Waals surface area contributed by atoms with Crippen LogP contribution in [0.15, 0.2) is 71.5 Å². The second-order valence-electron chi connectivity index (χ2n) is 6.79. The van der Waals surface area contributed by atoms with Crippen molar-refractivity contribution in [1.29, 1.82) is 0 Å².